The molecule has 1 N–H and O–H groups in total. The average molecular weight is 359 g/mol. The maximum Gasteiger partial charge on any atom is 0.226 e. The first kappa shape index (κ1) is 17.3. The van der Waals surface area contributed by atoms with Gasteiger partial charge in [-0.25, -0.2) is 4.98 Å². The number of nitrogens with zero attached hydrogens (tertiary/aromatic N) is 1. The van der Waals surface area contributed by atoms with Gasteiger partial charge in [-0.3, -0.25) is 0 Å². The lowest BCUT2D eigenvalue weighted by Gasteiger charge is -2.15. The minimum absolute atomic E-state index is 0.531. The minimum atomic E-state index is -0.703. The molecule has 0 spiro atoms. The summed E-state index contributed by atoms with van der Waals surface area (Å²) < 4.78 is 11.2. The zero-order chi connectivity index (χ0) is 18.8. The average Bonchev–Trinajstić information content (AvgIpc) is 3.32. The molecule has 0 amide bonds. The first-order valence-corrected chi connectivity index (χ1v) is 8.97. The van der Waals surface area contributed by atoms with E-state index in [1.54, 1.807) is 6.26 Å². The summed E-state index contributed by atoms with van der Waals surface area (Å²) in [5.41, 5.74) is 4.31. The molecule has 0 saturated carbocycles. The fraction of sp³-hybridized carbons (Fsp3) is 0.174. The maximum absolute atomic E-state index is 10.9. The SMILES string of the molecule is CC=C(Cc1nc(-c2ccccc2)oc1C)C(O)c1ccc2occc2c1. The van der Waals surface area contributed by atoms with E-state index in [0.717, 1.165) is 39.1 Å². The fourth-order valence-electron chi connectivity index (χ4n) is 3.22. The number of allylic oxidation sites excluding steroid dienone is 1. The van der Waals surface area contributed by atoms with Crippen LogP contribution in [0.3, 0.4) is 0 Å². The second kappa shape index (κ2) is 7.25. The summed E-state index contributed by atoms with van der Waals surface area (Å²) in [5, 5.41) is 11.9. The number of oxazole rings is 1. The largest absolute Gasteiger partial charge is 0.464 e. The Bertz CT molecular complexity index is 1090. The number of benzene rings is 2. The van der Waals surface area contributed by atoms with Crippen LogP contribution in [0.4, 0.5) is 0 Å². The van der Waals surface area contributed by atoms with E-state index in [2.05, 4.69) is 4.98 Å². The molecule has 1 atom stereocenters. The lowest BCUT2D eigenvalue weighted by Crippen LogP contribution is -2.05. The van der Waals surface area contributed by atoms with Crippen molar-refractivity contribution in [3.63, 3.8) is 0 Å². The Balaban J connectivity index is 1.59. The van der Waals surface area contributed by atoms with Crippen molar-refractivity contribution >= 4 is 11.0 Å². The number of aliphatic hydroxyl groups is 1. The summed E-state index contributed by atoms with van der Waals surface area (Å²) in [6, 6.07) is 17.5. The van der Waals surface area contributed by atoms with Gasteiger partial charge in [-0.05, 0) is 55.3 Å². The lowest BCUT2D eigenvalue weighted by molar-refractivity contribution is 0.212. The highest BCUT2D eigenvalue weighted by molar-refractivity contribution is 5.78. The molecule has 0 saturated heterocycles. The van der Waals surface area contributed by atoms with Crippen LogP contribution in [0.1, 0.15) is 30.0 Å². The van der Waals surface area contributed by atoms with E-state index in [0.29, 0.717) is 12.3 Å². The van der Waals surface area contributed by atoms with Crippen LogP contribution in [-0.2, 0) is 6.42 Å². The minimum Gasteiger partial charge on any atom is -0.464 e. The number of aromatic nitrogens is 1. The van der Waals surface area contributed by atoms with Crippen molar-refractivity contribution in [3.8, 4) is 11.5 Å². The zero-order valence-corrected chi connectivity index (χ0v) is 15.3. The molecule has 2 aromatic carbocycles. The van der Waals surface area contributed by atoms with Gasteiger partial charge < -0.3 is 13.9 Å². The second-order valence-electron chi connectivity index (χ2n) is 6.55. The van der Waals surface area contributed by atoms with Crippen molar-refractivity contribution in [2.45, 2.75) is 26.4 Å². The quantitative estimate of drug-likeness (QED) is 0.470. The van der Waals surface area contributed by atoms with Crippen LogP contribution in [0.15, 0.2) is 81.3 Å². The van der Waals surface area contributed by atoms with Crippen LogP contribution in [0, 0.1) is 6.92 Å². The molecule has 2 aromatic heterocycles. The van der Waals surface area contributed by atoms with Crippen LogP contribution >= 0.6 is 0 Å². The molecule has 2 heterocycles. The van der Waals surface area contributed by atoms with E-state index < -0.39 is 6.10 Å². The highest BCUT2D eigenvalue weighted by Crippen LogP contribution is 2.30. The maximum atomic E-state index is 10.9. The normalized spacial score (nSPS) is 13.2. The number of rotatable bonds is 5. The summed E-state index contributed by atoms with van der Waals surface area (Å²) in [6.07, 6.45) is 3.43. The zero-order valence-electron chi connectivity index (χ0n) is 15.3. The van der Waals surface area contributed by atoms with Gasteiger partial charge in [-0.15, -0.1) is 0 Å². The molecule has 4 nitrogen and oxygen atoms in total. The first-order valence-electron chi connectivity index (χ1n) is 8.97. The number of hydrogen-bond donors (Lipinski definition) is 1. The number of aliphatic hydroxyl groups excluding tert-OH is 1. The van der Waals surface area contributed by atoms with Crippen molar-refractivity contribution in [2.24, 2.45) is 0 Å². The molecule has 0 aliphatic rings. The van der Waals surface area contributed by atoms with Crippen molar-refractivity contribution in [2.75, 3.05) is 0 Å². The highest BCUT2D eigenvalue weighted by atomic mass is 16.4. The van der Waals surface area contributed by atoms with Crippen LogP contribution in [-0.4, -0.2) is 10.1 Å². The Kier molecular flexibility index (Phi) is 4.65. The molecule has 0 fully saturated rings. The van der Waals surface area contributed by atoms with Crippen molar-refractivity contribution in [3.05, 3.63) is 89.5 Å². The Labute approximate surface area is 157 Å². The predicted molar refractivity (Wildman–Crippen MR) is 105 cm³/mol. The van der Waals surface area contributed by atoms with E-state index in [4.69, 9.17) is 8.83 Å². The van der Waals surface area contributed by atoms with E-state index in [1.807, 2.05) is 74.5 Å². The summed E-state index contributed by atoms with van der Waals surface area (Å²) in [7, 11) is 0. The fourth-order valence-corrected chi connectivity index (χ4v) is 3.22. The Morgan fingerprint density at radius 2 is 1.96 bits per heavy atom. The van der Waals surface area contributed by atoms with Gasteiger partial charge in [0.05, 0.1) is 12.0 Å². The van der Waals surface area contributed by atoms with Gasteiger partial charge in [0.15, 0.2) is 0 Å². The Morgan fingerprint density at radius 1 is 1.15 bits per heavy atom. The summed E-state index contributed by atoms with van der Waals surface area (Å²) >= 11 is 0. The molecular weight excluding hydrogens is 338 g/mol. The van der Waals surface area contributed by atoms with Crippen molar-refractivity contribution < 1.29 is 13.9 Å². The molecule has 27 heavy (non-hydrogen) atoms. The van der Waals surface area contributed by atoms with Crippen LogP contribution in [0.2, 0.25) is 0 Å². The summed E-state index contributed by atoms with van der Waals surface area (Å²) in [5.74, 6) is 1.37. The molecule has 4 aromatic rings. The summed E-state index contributed by atoms with van der Waals surface area (Å²) in [4.78, 5) is 4.65. The van der Waals surface area contributed by atoms with Crippen molar-refractivity contribution in [1.29, 1.82) is 0 Å². The third-order valence-corrected chi connectivity index (χ3v) is 4.80. The first-order chi connectivity index (χ1) is 13.2. The highest BCUT2D eigenvalue weighted by Gasteiger charge is 2.18. The molecule has 0 radical (unpaired) electrons. The smallest absolute Gasteiger partial charge is 0.226 e. The summed E-state index contributed by atoms with van der Waals surface area (Å²) in [6.45, 7) is 3.84. The van der Waals surface area contributed by atoms with Crippen LogP contribution < -0.4 is 0 Å². The number of fused-ring (bicyclic) bond motifs is 1. The molecule has 4 heteroatoms. The second-order valence-corrected chi connectivity index (χ2v) is 6.55. The Hall–Kier alpha value is -3.11. The lowest BCUT2D eigenvalue weighted by atomic mass is 9.96. The molecule has 0 aliphatic heterocycles. The molecule has 0 aliphatic carbocycles. The van der Waals surface area contributed by atoms with Gasteiger partial charge in [0.2, 0.25) is 5.89 Å². The topological polar surface area (TPSA) is 59.4 Å². The number of aryl methyl sites for hydroxylation is 1. The van der Waals surface area contributed by atoms with Crippen molar-refractivity contribution in [1.82, 2.24) is 4.98 Å². The van der Waals surface area contributed by atoms with Gasteiger partial charge in [0, 0.05) is 17.4 Å². The van der Waals surface area contributed by atoms with Gasteiger partial charge in [-0.2, -0.15) is 0 Å². The van der Waals surface area contributed by atoms with E-state index in [-0.39, 0.29) is 0 Å². The monoisotopic (exact) mass is 359 g/mol. The molecule has 136 valence electrons. The van der Waals surface area contributed by atoms with Gasteiger partial charge in [-0.1, -0.05) is 30.3 Å². The standard InChI is InChI=1S/C23H21NO3/c1-3-16(22(25)19-9-10-21-18(13-19)11-12-26-21)14-20-15(2)27-23(24-20)17-7-5-4-6-8-17/h3-13,22,25H,14H2,1-2H3. The van der Waals surface area contributed by atoms with Gasteiger partial charge in [0.1, 0.15) is 17.4 Å². The van der Waals surface area contributed by atoms with Gasteiger partial charge >= 0.3 is 0 Å². The Morgan fingerprint density at radius 3 is 2.74 bits per heavy atom. The van der Waals surface area contributed by atoms with Crippen LogP contribution in [0.5, 0.6) is 0 Å². The van der Waals surface area contributed by atoms with Gasteiger partial charge in [0.25, 0.3) is 0 Å². The third kappa shape index (κ3) is 3.44. The van der Waals surface area contributed by atoms with E-state index in [1.165, 1.54) is 0 Å². The molecule has 1 unspecified atom stereocenters. The number of hydrogen-bond acceptors (Lipinski definition) is 4. The molecule has 4 rings (SSSR count). The molecule has 0 bridgehead atoms. The molecular formula is C23H21NO3. The van der Waals surface area contributed by atoms with Crippen LogP contribution in [0.25, 0.3) is 22.4 Å². The third-order valence-electron chi connectivity index (χ3n) is 4.80. The van der Waals surface area contributed by atoms with E-state index in [9.17, 15) is 5.11 Å². The number of furan rings is 1. The van der Waals surface area contributed by atoms with E-state index >= 15 is 0 Å². The predicted octanol–water partition coefficient (Wildman–Crippen LogP) is 5.62.